The molecule has 0 radical (unpaired) electrons. The van der Waals surface area contributed by atoms with Crippen LogP contribution in [-0.4, -0.2) is 0 Å². The van der Waals surface area contributed by atoms with Gasteiger partial charge in [-0.1, -0.05) is 58.4 Å². The fourth-order valence-corrected chi connectivity index (χ4v) is 1.25. The molecule has 82 valence electrons. The highest BCUT2D eigenvalue weighted by Crippen LogP contribution is 2.09. The number of hydrogen-bond acceptors (Lipinski definition) is 0. The van der Waals surface area contributed by atoms with Crippen molar-refractivity contribution in [1.82, 2.24) is 0 Å². The third-order valence-corrected chi connectivity index (χ3v) is 2.61. The van der Waals surface area contributed by atoms with E-state index in [0.717, 1.165) is 12.3 Å². The highest BCUT2D eigenvalue weighted by Gasteiger charge is 1.95. The molecular weight excluding hydrogens is 168 g/mol. The van der Waals surface area contributed by atoms with Crippen LogP contribution in [0.4, 0.5) is 0 Å². The fourth-order valence-electron chi connectivity index (χ4n) is 1.25. The van der Waals surface area contributed by atoms with Gasteiger partial charge in [-0.3, -0.25) is 0 Å². The summed E-state index contributed by atoms with van der Waals surface area (Å²) >= 11 is 0. The molecule has 0 heteroatoms. The standard InChI is InChI=1S/C14H26/c1-5-7-10-14(4)12-9-8-11-13(3)6-2/h7-10,13-14H,5-6,11-12H2,1-4H3. The van der Waals surface area contributed by atoms with E-state index in [1.54, 1.807) is 0 Å². The molecule has 2 atom stereocenters. The van der Waals surface area contributed by atoms with Gasteiger partial charge in [0.15, 0.2) is 0 Å². The first-order valence-corrected chi connectivity index (χ1v) is 6.02. The fraction of sp³-hybridized carbons (Fsp3) is 0.714. The summed E-state index contributed by atoms with van der Waals surface area (Å²) in [6.07, 6.45) is 14.1. The molecule has 0 aromatic heterocycles. The Kier molecular flexibility index (Phi) is 8.72. The summed E-state index contributed by atoms with van der Waals surface area (Å²) in [4.78, 5) is 0. The topological polar surface area (TPSA) is 0 Å². The first-order valence-electron chi connectivity index (χ1n) is 6.02. The lowest BCUT2D eigenvalue weighted by atomic mass is 10.0. The highest BCUT2D eigenvalue weighted by molar-refractivity contribution is 4.92. The summed E-state index contributed by atoms with van der Waals surface area (Å²) in [5.74, 6) is 1.54. The Labute approximate surface area is 90.1 Å². The van der Waals surface area contributed by atoms with Gasteiger partial charge in [-0.15, -0.1) is 0 Å². The van der Waals surface area contributed by atoms with Crippen LogP contribution >= 0.6 is 0 Å². The normalized spacial score (nSPS) is 16.6. The lowest BCUT2D eigenvalue weighted by Gasteiger charge is -2.03. The molecule has 0 saturated heterocycles. The summed E-state index contributed by atoms with van der Waals surface area (Å²) in [6, 6.07) is 0. The molecule has 0 aliphatic heterocycles. The number of rotatable bonds is 7. The molecule has 0 heterocycles. The molecule has 0 aromatic carbocycles. The minimum Gasteiger partial charge on any atom is -0.0885 e. The van der Waals surface area contributed by atoms with Gasteiger partial charge in [-0.25, -0.2) is 0 Å². The van der Waals surface area contributed by atoms with E-state index < -0.39 is 0 Å². The predicted molar refractivity (Wildman–Crippen MR) is 66.4 cm³/mol. The van der Waals surface area contributed by atoms with Crippen LogP contribution in [0.3, 0.4) is 0 Å². The first kappa shape index (κ1) is 13.5. The lowest BCUT2D eigenvalue weighted by molar-refractivity contribution is 0.570. The average molecular weight is 194 g/mol. The smallest absolute Gasteiger partial charge is 0.0227 e. The van der Waals surface area contributed by atoms with Gasteiger partial charge in [-0.05, 0) is 31.1 Å². The van der Waals surface area contributed by atoms with Crippen molar-refractivity contribution < 1.29 is 0 Å². The molecule has 0 saturated carbocycles. The van der Waals surface area contributed by atoms with E-state index in [1.165, 1.54) is 19.3 Å². The van der Waals surface area contributed by atoms with Gasteiger partial charge in [0.25, 0.3) is 0 Å². The largest absolute Gasteiger partial charge is 0.0885 e. The first-order chi connectivity index (χ1) is 6.70. The molecule has 0 fully saturated rings. The summed E-state index contributed by atoms with van der Waals surface area (Å²) in [6.45, 7) is 9.03. The highest BCUT2D eigenvalue weighted by atomic mass is 14.0. The molecule has 2 unspecified atom stereocenters. The zero-order chi connectivity index (χ0) is 10.8. The second-order valence-corrected chi connectivity index (χ2v) is 4.27. The molecule has 0 N–H and O–H groups in total. The molecule has 0 spiro atoms. The molecule has 14 heavy (non-hydrogen) atoms. The van der Waals surface area contributed by atoms with Crippen LogP contribution in [-0.2, 0) is 0 Å². The van der Waals surface area contributed by atoms with Crippen LogP contribution in [0.15, 0.2) is 24.3 Å². The van der Waals surface area contributed by atoms with Crippen molar-refractivity contribution in [3.63, 3.8) is 0 Å². The quantitative estimate of drug-likeness (QED) is 0.502. The van der Waals surface area contributed by atoms with E-state index in [2.05, 4.69) is 52.0 Å². The molecule has 0 aliphatic carbocycles. The summed E-state index contributed by atoms with van der Waals surface area (Å²) in [5.41, 5.74) is 0. The van der Waals surface area contributed by atoms with E-state index in [9.17, 15) is 0 Å². The third-order valence-electron chi connectivity index (χ3n) is 2.61. The third kappa shape index (κ3) is 8.10. The summed E-state index contributed by atoms with van der Waals surface area (Å²) in [7, 11) is 0. The second-order valence-electron chi connectivity index (χ2n) is 4.27. The molecule has 0 aromatic rings. The van der Waals surface area contributed by atoms with Crippen molar-refractivity contribution in [3.05, 3.63) is 24.3 Å². The van der Waals surface area contributed by atoms with Gasteiger partial charge >= 0.3 is 0 Å². The Morgan fingerprint density at radius 1 is 0.929 bits per heavy atom. The monoisotopic (exact) mass is 194 g/mol. The van der Waals surface area contributed by atoms with Crippen LogP contribution in [0.5, 0.6) is 0 Å². The van der Waals surface area contributed by atoms with Crippen LogP contribution in [0.1, 0.15) is 53.4 Å². The molecular formula is C14H26. The van der Waals surface area contributed by atoms with Crippen molar-refractivity contribution in [3.8, 4) is 0 Å². The van der Waals surface area contributed by atoms with Crippen LogP contribution in [0.2, 0.25) is 0 Å². The van der Waals surface area contributed by atoms with Gasteiger partial charge in [-0.2, -0.15) is 0 Å². The zero-order valence-corrected chi connectivity index (χ0v) is 10.3. The molecule has 0 nitrogen and oxygen atoms in total. The van der Waals surface area contributed by atoms with Crippen LogP contribution in [0.25, 0.3) is 0 Å². The van der Waals surface area contributed by atoms with Crippen LogP contribution < -0.4 is 0 Å². The number of hydrogen-bond donors (Lipinski definition) is 0. The Hall–Kier alpha value is -0.520. The molecule has 0 bridgehead atoms. The average Bonchev–Trinajstić information content (AvgIpc) is 2.21. The minimum atomic E-state index is 0.697. The van der Waals surface area contributed by atoms with Crippen molar-refractivity contribution in [2.75, 3.05) is 0 Å². The molecule has 0 rings (SSSR count). The zero-order valence-electron chi connectivity index (χ0n) is 10.3. The van der Waals surface area contributed by atoms with Gasteiger partial charge in [0, 0.05) is 0 Å². The second kappa shape index (κ2) is 9.05. The van der Waals surface area contributed by atoms with Crippen LogP contribution in [0, 0.1) is 11.8 Å². The predicted octanol–water partition coefficient (Wildman–Crippen LogP) is 4.97. The Balaban J connectivity index is 3.55. The van der Waals surface area contributed by atoms with Crippen molar-refractivity contribution in [2.45, 2.75) is 53.4 Å². The van der Waals surface area contributed by atoms with E-state index in [0.29, 0.717) is 5.92 Å². The Morgan fingerprint density at radius 2 is 1.57 bits per heavy atom. The van der Waals surface area contributed by atoms with Gasteiger partial charge in [0.1, 0.15) is 0 Å². The van der Waals surface area contributed by atoms with Gasteiger partial charge in [0.2, 0.25) is 0 Å². The van der Waals surface area contributed by atoms with Crippen molar-refractivity contribution >= 4 is 0 Å². The maximum absolute atomic E-state index is 2.34. The lowest BCUT2D eigenvalue weighted by Crippen LogP contribution is -1.89. The van der Waals surface area contributed by atoms with Crippen molar-refractivity contribution in [2.24, 2.45) is 11.8 Å². The Morgan fingerprint density at radius 3 is 2.14 bits per heavy atom. The number of allylic oxidation sites excluding steroid dienone is 4. The summed E-state index contributed by atoms with van der Waals surface area (Å²) < 4.78 is 0. The molecule has 0 amide bonds. The van der Waals surface area contributed by atoms with E-state index >= 15 is 0 Å². The van der Waals surface area contributed by atoms with Crippen molar-refractivity contribution in [1.29, 1.82) is 0 Å². The Bertz CT molecular complexity index is 165. The summed E-state index contributed by atoms with van der Waals surface area (Å²) in [5, 5.41) is 0. The van der Waals surface area contributed by atoms with Gasteiger partial charge < -0.3 is 0 Å². The maximum atomic E-state index is 2.34. The van der Waals surface area contributed by atoms with E-state index in [-0.39, 0.29) is 0 Å². The SMILES string of the molecule is CCC=CC(C)CC=CCC(C)CC. The van der Waals surface area contributed by atoms with E-state index in [4.69, 9.17) is 0 Å². The van der Waals surface area contributed by atoms with E-state index in [1.807, 2.05) is 0 Å². The molecule has 0 aliphatic rings. The minimum absolute atomic E-state index is 0.697. The van der Waals surface area contributed by atoms with Gasteiger partial charge in [0.05, 0.1) is 0 Å². The maximum Gasteiger partial charge on any atom is -0.0227 e.